The van der Waals surface area contributed by atoms with Crippen molar-refractivity contribution in [1.82, 2.24) is 10.2 Å². The van der Waals surface area contributed by atoms with Crippen molar-refractivity contribution < 1.29 is 19.1 Å². The Morgan fingerprint density at radius 3 is 2.50 bits per heavy atom. The fourth-order valence-electron chi connectivity index (χ4n) is 2.39. The van der Waals surface area contributed by atoms with E-state index in [0.717, 1.165) is 23.5 Å². The van der Waals surface area contributed by atoms with Crippen LogP contribution in [0.5, 0.6) is 11.5 Å². The van der Waals surface area contributed by atoms with E-state index in [1.165, 1.54) is 0 Å². The molecule has 3 rings (SSSR count). The summed E-state index contributed by atoms with van der Waals surface area (Å²) in [6, 6.07) is 5.84. The molecule has 106 valence electrons. The lowest BCUT2D eigenvalue weighted by Crippen LogP contribution is -2.51. The smallest absolute Gasteiger partial charge is 0.240 e. The molecule has 1 N–H and O–H groups in total. The average molecular weight is 276 g/mol. The van der Waals surface area contributed by atoms with E-state index < -0.39 is 0 Å². The van der Waals surface area contributed by atoms with Gasteiger partial charge in [-0.25, -0.2) is 0 Å². The van der Waals surface area contributed by atoms with E-state index in [4.69, 9.17) is 9.47 Å². The summed E-state index contributed by atoms with van der Waals surface area (Å²) in [6.45, 7) is 2.36. The highest BCUT2D eigenvalue weighted by Crippen LogP contribution is 2.30. The van der Waals surface area contributed by atoms with Gasteiger partial charge in [-0.05, 0) is 24.1 Å². The van der Waals surface area contributed by atoms with Crippen LogP contribution >= 0.6 is 0 Å². The lowest BCUT2D eigenvalue weighted by molar-refractivity contribution is -0.135. The minimum atomic E-state index is -0.233. The molecule has 6 nitrogen and oxygen atoms in total. The van der Waals surface area contributed by atoms with Crippen LogP contribution in [-0.2, 0) is 16.0 Å². The Hall–Kier alpha value is -2.08. The number of rotatable bonds is 3. The molecule has 1 fully saturated rings. The quantitative estimate of drug-likeness (QED) is 0.785. The highest BCUT2D eigenvalue weighted by atomic mass is 16.6. The fourth-order valence-corrected chi connectivity index (χ4v) is 2.39. The number of benzene rings is 1. The Morgan fingerprint density at radius 2 is 1.75 bits per heavy atom. The summed E-state index contributed by atoms with van der Waals surface area (Å²) in [7, 11) is 0. The first-order chi connectivity index (χ1) is 9.70. The molecular weight excluding hydrogens is 260 g/mol. The molecular formula is C14H16N2O4. The molecule has 2 amide bonds. The van der Waals surface area contributed by atoms with Crippen molar-refractivity contribution >= 4 is 11.8 Å². The third-order valence-corrected chi connectivity index (χ3v) is 3.34. The number of imide groups is 1. The Bertz CT molecular complexity index is 528. The van der Waals surface area contributed by atoms with Crippen LogP contribution in [0.3, 0.4) is 0 Å². The minimum absolute atomic E-state index is 0.233. The molecule has 2 aliphatic heterocycles. The number of piperazine rings is 1. The molecule has 0 saturated carbocycles. The number of ether oxygens (including phenoxy) is 2. The Morgan fingerprint density at radius 1 is 1.05 bits per heavy atom. The van der Waals surface area contributed by atoms with Gasteiger partial charge in [-0.3, -0.25) is 19.8 Å². The van der Waals surface area contributed by atoms with Crippen molar-refractivity contribution in [2.75, 3.05) is 32.8 Å². The van der Waals surface area contributed by atoms with E-state index in [9.17, 15) is 9.59 Å². The number of carbonyl (C=O) groups is 2. The third kappa shape index (κ3) is 2.91. The molecule has 0 aromatic heterocycles. The minimum Gasteiger partial charge on any atom is -0.486 e. The fraction of sp³-hybridized carbons (Fsp3) is 0.429. The lowest BCUT2D eigenvalue weighted by atomic mass is 10.1. The number of nitrogens with one attached hydrogen (secondary N) is 1. The third-order valence-electron chi connectivity index (χ3n) is 3.34. The maximum Gasteiger partial charge on any atom is 0.240 e. The number of hydrogen-bond acceptors (Lipinski definition) is 5. The highest BCUT2D eigenvalue weighted by molar-refractivity contribution is 5.99. The summed E-state index contributed by atoms with van der Waals surface area (Å²) < 4.78 is 11.0. The van der Waals surface area contributed by atoms with Gasteiger partial charge in [0.1, 0.15) is 13.2 Å². The topological polar surface area (TPSA) is 67.9 Å². The first-order valence-corrected chi connectivity index (χ1v) is 6.64. The molecule has 0 atom stereocenters. The predicted octanol–water partition coefficient (Wildman–Crippen LogP) is -0.0413. The largest absolute Gasteiger partial charge is 0.486 e. The molecule has 0 aliphatic carbocycles. The van der Waals surface area contributed by atoms with Crippen LogP contribution in [0.15, 0.2) is 18.2 Å². The second kappa shape index (κ2) is 5.50. The maximum absolute atomic E-state index is 11.3. The van der Waals surface area contributed by atoms with E-state index >= 15 is 0 Å². The molecule has 6 heteroatoms. The van der Waals surface area contributed by atoms with Gasteiger partial charge in [-0.2, -0.15) is 0 Å². The van der Waals surface area contributed by atoms with Gasteiger partial charge < -0.3 is 9.47 Å². The van der Waals surface area contributed by atoms with Gasteiger partial charge in [0.05, 0.1) is 13.1 Å². The number of amides is 2. The Kier molecular flexibility index (Phi) is 3.56. The number of nitrogens with zero attached hydrogens (tertiary/aromatic N) is 1. The van der Waals surface area contributed by atoms with Crippen LogP contribution < -0.4 is 14.8 Å². The molecule has 0 unspecified atom stereocenters. The van der Waals surface area contributed by atoms with Crippen LogP contribution in [-0.4, -0.2) is 49.6 Å². The molecule has 0 radical (unpaired) electrons. The Labute approximate surface area is 116 Å². The zero-order chi connectivity index (χ0) is 13.9. The van der Waals surface area contributed by atoms with Crippen molar-refractivity contribution in [3.8, 4) is 11.5 Å². The molecule has 1 saturated heterocycles. The van der Waals surface area contributed by atoms with Gasteiger partial charge in [-0.1, -0.05) is 6.07 Å². The van der Waals surface area contributed by atoms with Crippen molar-refractivity contribution in [3.63, 3.8) is 0 Å². The normalized spacial score (nSPS) is 18.8. The van der Waals surface area contributed by atoms with E-state index in [1.807, 2.05) is 23.1 Å². The SMILES string of the molecule is O=C1CN(CCc2ccc3c(c2)OCCO3)CC(=O)N1. The van der Waals surface area contributed by atoms with Crippen LogP contribution in [0.25, 0.3) is 0 Å². The lowest BCUT2D eigenvalue weighted by Gasteiger charge is -2.25. The maximum atomic E-state index is 11.3. The zero-order valence-corrected chi connectivity index (χ0v) is 11.1. The van der Waals surface area contributed by atoms with Crippen LogP contribution in [0, 0.1) is 0 Å². The van der Waals surface area contributed by atoms with Gasteiger partial charge in [0, 0.05) is 6.54 Å². The molecule has 1 aromatic carbocycles. The molecule has 0 spiro atoms. The van der Waals surface area contributed by atoms with Gasteiger partial charge in [0.15, 0.2) is 11.5 Å². The standard InChI is InChI=1S/C14H16N2O4/c17-13-8-16(9-14(18)15-13)4-3-10-1-2-11-12(7-10)20-6-5-19-11/h1-2,7H,3-6,8-9H2,(H,15,17,18). The summed E-state index contributed by atoms with van der Waals surface area (Å²) in [5.41, 5.74) is 1.10. The molecule has 20 heavy (non-hydrogen) atoms. The first kappa shape index (κ1) is 12.9. The number of carbonyl (C=O) groups excluding carboxylic acids is 2. The van der Waals surface area contributed by atoms with E-state index in [2.05, 4.69) is 5.32 Å². The second-order valence-electron chi connectivity index (χ2n) is 4.91. The average Bonchev–Trinajstić information content (AvgIpc) is 2.44. The first-order valence-electron chi connectivity index (χ1n) is 6.64. The van der Waals surface area contributed by atoms with E-state index in [-0.39, 0.29) is 24.9 Å². The van der Waals surface area contributed by atoms with Crippen LogP contribution in [0.4, 0.5) is 0 Å². The number of fused-ring (bicyclic) bond motifs is 1. The van der Waals surface area contributed by atoms with Crippen molar-refractivity contribution in [1.29, 1.82) is 0 Å². The van der Waals surface area contributed by atoms with Crippen molar-refractivity contribution in [3.05, 3.63) is 23.8 Å². The second-order valence-corrected chi connectivity index (χ2v) is 4.91. The van der Waals surface area contributed by atoms with Crippen molar-refractivity contribution in [2.24, 2.45) is 0 Å². The summed E-state index contributed by atoms with van der Waals surface area (Å²) in [6.07, 6.45) is 0.761. The van der Waals surface area contributed by atoms with Gasteiger partial charge in [0.2, 0.25) is 11.8 Å². The molecule has 2 heterocycles. The van der Waals surface area contributed by atoms with Crippen molar-refractivity contribution in [2.45, 2.75) is 6.42 Å². The van der Waals surface area contributed by atoms with Crippen LogP contribution in [0.1, 0.15) is 5.56 Å². The molecule has 0 bridgehead atoms. The molecule has 2 aliphatic rings. The summed E-state index contributed by atoms with van der Waals surface area (Å²) in [5.74, 6) is 1.07. The van der Waals surface area contributed by atoms with E-state index in [1.54, 1.807) is 0 Å². The summed E-state index contributed by atoms with van der Waals surface area (Å²) in [4.78, 5) is 24.4. The molecule has 1 aromatic rings. The Balaban J connectivity index is 1.60. The van der Waals surface area contributed by atoms with Crippen LogP contribution in [0.2, 0.25) is 0 Å². The monoisotopic (exact) mass is 276 g/mol. The van der Waals surface area contributed by atoms with Gasteiger partial charge in [0.25, 0.3) is 0 Å². The van der Waals surface area contributed by atoms with Gasteiger partial charge >= 0.3 is 0 Å². The summed E-state index contributed by atoms with van der Waals surface area (Å²) in [5, 5.41) is 2.29. The predicted molar refractivity (Wildman–Crippen MR) is 70.7 cm³/mol. The zero-order valence-electron chi connectivity index (χ0n) is 11.1. The highest BCUT2D eigenvalue weighted by Gasteiger charge is 2.22. The number of hydrogen-bond donors (Lipinski definition) is 1. The van der Waals surface area contributed by atoms with Gasteiger partial charge in [-0.15, -0.1) is 0 Å². The summed E-state index contributed by atoms with van der Waals surface area (Å²) >= 11 is 0. The van der Waals surface area contributed by atoms with E-state index in [0.29, 0.717) is 19.8 Å².